The van der Waals surface area contributed by atoms with Crippen LogP contribution in [0.5, 0.6) is 0 Å². The van der Waals surface area contributed by atoms with Crippen molar-refractivity contribution < 1.29 is 23.1 Å². The maximum atomic E-state index is 12.6. The Morgan fingerprint density at radius 3 is 2.62 bits per heavy atom. The first-order chi connectivity index (χ1) is 9.77. The molecule has 0 bridgehead atoms. The summed E-state index contributed by atoms with van der Waals surface area (Å²) < 4.78 is 38.8. The first kappa shape index (κ1) is 13.2. The lowest BCUT2D eigenvalue weighted by Gasteiger charge is -2.07. The molecule has 6 nitrogen and oxygen atoms in total. The summed E-state index contributed by atoms with van der Waals surface area (Å²) >= 11 is 0. The van der Waals surface area contributed by atoms with Gasteiger partial charge in [0.2, 0.25) is 0 Å². The lowest BCUT2D eigenvalue weighted by molar-refractivity contribution is -0.137. The number of fused-ring (bicyclic) bond motifs is 2. The first-order valence-corrected chi connectivity index (χ1v) is 5.63. The van der Waals surface area contributed by atoms with Gasteiger partial charge in [-0.25, -0.2) is 14.3 Å². The van der Waals surface area contributed by atoms with Gasteiger partial charge in [-0.05, 0) is 18.2 Å². The minimum atomic E-state index is -4.55. The van der Waals surface area contributed by atoms with Crippen LogP contribution in [0, 0.1) is 0 Å². The second-order valence-corrected chi connectivity index (χ2v) is 4.32. The van der Waals surface area contributed by atoms with Crippen LogP contribution in [-0.2, 0) is 6.18 Å². The lowest BCUT2D eigenvalue weighted by atomic mass is 10.1. The molecule has 21 heavy (non-hydrogen) atoms. The molecule has 2 heterocycles. The summed E-state index contributed by atoms with van der Waals surface area (Å²) in [6, 6.07) is 3.62. The van der Waals surface area contributed by atoms with Crippen LogP contribution < -0.4 is 5.56 Å². The number of nitrogens with zero attached hydrogens (tertiary/aromatic N) is 2. The van der Waals surface area contributed by atoms with Gasteiger partial charge in [0.1, 0.15) is 5.69 Å². The van der Waals surface area contributed by atoms with Crippen LogP contribution in [0.25, 0.3) is 16.6 Å². The van der Waals surface area contributed by atoms with Crippen LogP contribution in [0.4, 0.5) is 13.2 Å². The number of hydrogen-bond donors (Lipinski definition) is 2. The largest absolute Gasteiger partial charge is 0.477 e. The minimum absolute atomic E-state index is 0.0423. The van der Waals surface area contributed by atoms with Crippen molar-refractivity contribution in [1.29, 1.82) is 0 Å². The molecule has 108 valence electrons. The van der Waals surface area contributed by atoms with E-state index in [-0.39, 0.29) is 22.2 Å². The van der Waals surface area contributed by atoms with Gasteiger partial charge in [-0.3, -0.25) is 9.89 Å². The summed E-state index contributed by atoms with van der Waals surface area (Å²) in [5.41, 5.74) is -2.10. The van der Waals surface area contributed by atoms with Gasteiger partial charge in [-0.15, -0.1) is 0 Å². The van der Waals surface area contributed by atoms with Crippen molar-refractivity contribution in [3.63, 3.8) is 0 Å². The molecular formula is C12H6F3N3O3. The van der Waals surface area contributed by atoms with Crippen molar-refractivity contribution in [2.75, 3.05) is 0 Å². The van der Waals surface area contributed by atoms with Crippen LogP contribution >= 0.6 is 0 Å². The number of aromatic carboxylic acids is 1. The number of aromatic amines is 1. The normalized spacial score (nSPS) is 12.1. The smallest absolute Gasteiger partial charge is 0.416 e. The van der Waals surface area contributed by atoms with Gasteiger partial charge < -0.3 is 5.11 Å². The van der Waals surface area contributed by atoms with Crippen LogP contribution in [0.2, 0.25) is 0 Å². The lowest BCUT2D eigenvalue weighted by Crippen LogP contribution is -2.16. The average Bonchev–Trinajstić information content (AvgIpc) is 2.81. The van der Waals surface area contributed by atoms with Crippen LogP contribution in [0.15, 0.2) is 29.1 Å². The molecule has 0 amide bonds. The first-order valence-electron chi connectivity index (χ1n) is 5.63. The zero-order chi connectivity index (χ0) is 15.4. The Hall–Kier alpha value is -2.84. The molecule has 0 atom stereocenters. The number of carboxylic acid groups (broad SMARTS) is 1. The van der Waals surface area contributed by atoms with Crippen LogP contribution in [-0.4, -0.2) is 25.7 Å². The van der Waals surface area contributed by atoms with Gasteiger partial charge >= 0.3 is 12.1 Å². The fourth-order valence-corrected chi connectivity index (χ4v) is 1.98. The highest BCUT2D eigenvalue weighted by atomic mass is 19.4. The Labute approximate surface area is 113 Å². The van der Waals surface area contributed by atoms with E-state index in [0.29, 0.717) is 0 Å². The molecule has 2 N–H and O–H groups in total. The molecule has 3 rings (SSSR count). The highest BCUT2D eigenvalue weighted by molar-refractivity contribution is 5.87. The van der Waals surface area contributed by atoms with Gasteiger partial charge in [-0.1, -0.05) is 0 Å². The summed E-state index contributed by atoms with van der Waals surface area (Å²) in [5, 5.41) is 11.1. The summed E-state index contributed by atoms with van der Waals surface area (Å²) in [7, 11) is 0. The Bertz CT molecular complexity index is 940. The SMILES string of the molecule is O=C(O)c1cc2nc3cc(C(F)(F)F)ccc3c(=O)n2[nH]1. The molecule has 0 fully saturated rings. The number of carbonyl (C=O) groups is 1. The van der Waals surface area contributed by atoms with E-state index in [1.54, 1.807) is 0 Å². The Balaban J connectivity index is 2.36. The third kappa shape index (κ3) is 2.02. The van der Waals surface area contributed by atoms with E-state index in [1.807, 2.05) is 0 Å². The maximum Gasteiger partial charge on any atom is 0.416 e. The highest BCUT2D eigenvalue weighted by Crippen LogP contribution is 2.30. The summed E-state index contributed by atoms with van der Waals surface area (Å²) in [5.74, 6) is -1.31. The van der Waals surface area contributed by atoms with Crippen molar-refractivity contribution in [2.45, 2.75) is 6.18 Å². The van der Waals surface area contributed by atoms with Crippen molar-refractivity contribution in [3.05, 3.63) is 45.9 Å². The van der Waals surface area contributed by atoms with E-state index < -0.39 is 23.3 Å². The van der Waals surface area contributed by atoms with E-state index in [2.05, 4.69) is 10.1 Å². The Morgan fingerprint density at radius 2 is 2.00 bits per heavy atom. The quantitative estimate of drug-likeness (QED) is 0.718. The van der Waals surface area contributed by atoms with Crippen LogP contribution in [0.1, 0.15) is 16.1 Å². The molecule has 0 spiro atoms. The molecule has 0 saturated heterocycles. The number of nitrogens with one attached hydrogen (secondary N) is 1. The third-order valence-electron chi connectivity index (χ3n) is 2.96. The maximum absolute atomic E-state index is 12.6. The molecule has 9 heteroatoms. The molecule has 3 aromatic rings. The van der Waals surface area contributed by atoms with Crippen molar-refractivity contribution in [1.82, 2.24) is 14.6 Å². The molecule has 0 unspecified atom stereocenters. The molecular weight excluding hydrogens is 291 g/mol. The number of aromatic nitrogens is 3. The van der Waals surface area contributed by atoms with Crippen molar-refractivity contribution in [2.24, 2.45) is 0 Å². The predicted molar refractivity (Wildman–Crippen MR) is 65.3 cm³/mol. The summed E-state index contributed by atoms with van der Waals surface area (Å²) in [6.07, 6.45) is -4.55. The number of halogens is 3. The van der Waals surface area contributed by atoms with Gasteiger partial charge in [0, 0.05) is 6.07 Å². The van der Waals surface area contributed by atoms with Gasteiger partial charge in [0.15, 0.2) is 5.65 Å². The molecule has 0 aliphatic heterocycles. The number of hydrogen-bond acceptors (Lipinski definition) is 3. The highest BCUT2D eigenvalue weighted by Gasteiger charge is 2.30. The van der Waals surface area contributed by atoms with E-state index in [4.69, 9.17) is 5.11 Å². The zero-order valence-electron chi connectivity index (χ0n) is 10.1. The number of rotatable bonds is 1. The van der Waals surface area contributed by atoms with Crippen LogP contribution in [0.3, 0.4) is 0 Å². The number of benzene rings is 1. The Morgan fingerprint density at radius 1 is 1.29 bits per heavy atom. The fourth-order valence-electron chi connectivity index (χ4n) is 1.98. The summed E-state index contributed by atoms with van der Waals surface area (Å²) in [6.45, 7) is 0. The number of alkyl halides is 3. The average molecular weight is 297 g/mol. The van der Waals surface area contributed by atoms with Crippen molar-refractivity contribution >= 4 is 22.5 Å². The van der Waals surface area contributed by atoms with Gasteiger partial charge in [0.25, 0.3) is 5.56 Å². The fraction of sp³-hybridized carbons (Fsp3) is 0.0833. The monoisotopic (exact) mass is 297 g/mol. The van der Waals surface area contributed by atoms with Gasteiger partial charge in [0.05, 0.1) is 16.5 Å². The minimum Gasteiger partial charge on any atom is -0.477 e. The number of carboxylic acids is 1. The molecule has 0 aliphatic rings. The molecule has 0 aliphatic carbocycles. The third-order valence-corrected chi connectivity index (χ3v) is 2.96. The van der Waals surface area contributed by atoms with Crippen molar-refractivity contribution in [3.8, 4) is 0 Å². The van der Waals surface area contributed by atoms with Gasteiger partial charge in [-0.2, -0.15) is 13.2 Å². The van der Waals surface area contributed by atoms with E-state index in [0.717, 1.165) is 28.8 Å². The number of H-pyrrole nitrogens is 1. The Kier molecular flexibility index (Phi) is 2.55. The van der Waals surface area contributed by atoms with E-state index in [1.165, 1.54) is 0 Å². The van der Waals surface area contributed by atoms with E-state index >= 15 is 0 Å². The van der Waals surface area contributed by atoms with E-state index in [9.17, 15) is 22.8 Å². The topological polar surface area (TPSA) is 87.5 Å². The molecule has 2 aromatic heterocycles. The molecule has 0 radical (unpaired) electrons. The molecule has 0 saturated carbocycles. The second-order valence-electron chi connectivity index (χ2n) is 4.32. The predicted octanol–water partition coefficient (Wildman–Crippen LogP) is 1.89. The standard InChI is InChI=1S/C12H6F3N3O3/c13-12(14,15)5-1-2-6-7(3-5)16-9-4-8(11(20)21)17-18(9)10(6)19/h1-4,17H,(H,20,21). The summed E-state index contributed by atoms with van der Waals surface area (Å²) in [4.78, 5) is 26.8. The second kappa shape index (κ2) is 4.08. The molecule has 1 aromatic carbocycles. The zero-order valence-corrected chi connectivity index (χ0v) is 10.1.